The molecule has 0 aromatic heterocycles. The monoisotopic (exact) mass is 809 g/mol. The van der Waals surface area contributed by atoms with Gasteiger partial charge in [0.15, 0.2) is 0 Å². The lowest BCUT2D eigenvalue weighted by Gasteiger charge is -2.57. The molecule has 1 heteroatoms. The van der Waals surface area contributed by atoms with Crippen molar-refractivity contribution in [1.82, 2.24) is 0 Å². The maximum absolute atomic E-state index is 2.53. The molecular formula is C62H51N. The topological polar surface area (TPSA) is 3.24 Å². The predicted molar refractivity (Wildman–Crippen MR) is 260 cm³/mol. The number of hydrogen-bond donors (Lipinski definition) is 0. The minimum atomic E-state index is -0.408. The van der Waals surface area contributed by atoms with E-state index in [-0.39, 0.29) is 5.41 Å². The van der Waals surface area contributed by atoms with Crippen LogP contribution in [0.4, 0.5) is 17.1 Å². The third-order valence-corrected chi connectivity index (χ3v) is 17.1. The van der Waals surface area contributed by atoms with E-state index in [1.165, 1.54) is 128 Å². The standard InChI is InChI=1S/C62H51N/c1-60(2)54-15-7-3-11-48(54)52-29-27-46(34-58(52)60)63(45-25-21-43(22-26-45)42-19-23-44(24-20-42)61-36-39-31-40(37-61)33-41(32-39)38-61)47-28-30-53-51-14-6-10-18-57(51)62(59(53)35-47)55-16-8-4-12-49(55)50-13-5-9-17-56(50)62/h3-30,34-35,39-41H,31-33,36-38H2,1-2H3. The summed E-state index contributed by atoms with van der Waals surface area (Å²) in [4.78, 5) is 2.52. The Morgan fingerprint density at radius 1 is 0.365 bits per heavy atom. The van der Waals surface area contributed by atoms with Crippen molar-refractivity contribution >= 4 is 17.1 Å². The van der Waals surface area contributed by atoms with Crippen LogP contribution in [0, 0.1) is 17.8 Å². The van der Waals surface area contributed by atoms with Gasteiger partial charge in [-0.25, -0.2) is 0 Å². The minimum absolute atomic E-state index is 0.110. The average Bonchev–Trinajstić information content (AvgIpc) is 3.87. The summed E-state index contributed by atoms with van der Waals surface area (Å²) in [6.45, 7) is 4.78. The normalized spacial score (nSPS) is 22.9. The lowest BCUT2D eigenvalue weighted by atomic mass is 9.48. The van der Waals surface area contributed by atoms with Crippen molar-refractivity contribution in [2.45, 2.75) is 68.6 Å². The van der Waals surface area contributed by atoms with E-state index in [0.29, 0.717) is 5.41 Å². The SMILES string of the molecule is CC1(C)c2ccccc2-c2ccc(N(c3ccc(-c4ccc(C56CC7CC(CC(C7)C5)C6)cc4)cc3)c3ccc4c(c3)C3(c5ccccc5-c5ccccc53)c3ccccc3-4)cc21. The molecule has 7 aliphatic carbocycles. The van der Waals surface area contributed by atoms with Gasteiger partial charge in [0.2, 0.25) is 0 Å². The quantitative estimate of drug-likeness (QED) is 0.167. The first kappa shape index (κ1) is 36.1. The Bertz CT molecular complexity index is 3080. The molecule has 0 saturated heterocycles. The number of anilines is 3. The van der Waals surface area contributed by atoms with Gasteiger partial charge in [-0.05, 0) is 182 Å². The number of hydrogen-bond acceptors (Lipinski definition) is 1. The average molecular weight is 810 g/mol. The summed E-state index contributed by atoms with van der Waals surface area (Å²) in [5.41, 5.74) is 23.8. The van der Waals surface area contributed by atoms with Gasteiger partial charge < -0.3 is 4.90 Å². The zero-order valence-electron chi connectivity index (χ0n) is 36.2. The van der Waals surface area contributed by atoms with E-state index in [4.69, 9.17) is 0 Å². The number of nitrogens with zero attached hydrogens (tertiary/aromatic N) is 1. The van der Waals surface area contributed by atoms with Gasteiger partial charge in [-0.3, -0.25) is 0 Å². The summed E-state index contributed by atoms with van der Waals surface area (Å²) in [5, 5.41) is 0. The highest BCUT2D eigenvalue weighted by molar-refractivity contribution is 5.96. The molecule has 304 valence electrons. The van der Waals surface area contributed by atoms with Crippen molar-refractivity contribution < 1.29 is 0 Å². The van der Waals surface area contributed by atoms with Crippen LogP contribution in [0.5, 0.6) is 0 Å². The van der Waals surface area contributed by atoms with E-state index in [1.54, 1.807) is 5.56 Å². The van der Waals surface area contributed by atoms with Crippen LogP contribution in [-0.4, -0.2) is 0 Å². The van der Waals surface area contributed by atoms with E-state index >= 15 is 0 Å². The third-order valence-electron chi connectivity index (χ3n) is 17.1. The van der Waals surface area contributed by atoms with Crippen LogP contribution in [0.3, 0.4) is 0 Å². The highest BCUT2D eigenvalue weighted by Crippen LogP contribution is 2.64. The van der Waals surface area contributed by atoms with Gasteiger partial charge in [0, 0.05) is 22.5 Å². The molecule has 0 heterocycles. The second-order valence-corrected chi connectivity index (χ2v) is 20.7. The van der Waals surface area contributed by atoms with E-state index < -0.39 is 5.41 Å². The van der Waals surface area contributed by atoms with Crippen LogP contribution in [0.2, 0.25) is 0 Å². The molecule has 15 rings (SSSR count). The maximum atomic E-state index is 2.53. The Hall–Kier alpha value is -6.44. The van der Waals surface area contributed by atoms with Crippen molar-refractivity contribution in [3.63, 3.8) is 0 Å². The van der Waals surface area contributed by atoms with E-state index in [1.807, 2.05) is 0 Å². The van der Waals surface area contributed by atoms with Crippen LogP contribution in [0.25, 0.3) is 44.5 Å². The lowest BCUT2D eigenvalue weighted by molar-refractivity contribution is -0.00518. The molecule has 4 bridgehead atoms. The van der Waals surface area contributed by atoms with Crippen molar-refractivity contribution in [2.24, 2.45) is 17.8 Å². The Balaban J connectivity index is 0.914. The molecule has 0 aliphatic heterocycles. The number of rotatable bonds is 5. The van der Waals surface area contributed by atoms with Gasteiger partial charge >= 0.3 is 0 Å². The van der Waals surface area contributed by atoms with Gasteiger partial charge in [-0.2, -0.15) is 0 Å². The largest absolute Gasteiger partial charge is 0.310 e. The Labute approximate surface area is 372 Å². The van der Waals surface area contributed by atoms with Gasteiger partial charge in [-0.1, -0.05) is 159 Å². The molecule has 7 aliphatic rings. The summed E-state index contributed by atoms with van der Waals surface area (Å²) in [5.74, 6) is 2.86. The van der Waals surface area contributed by atoms with Gasteiger partial charge in [0.25, 0.3) is 0 Å². The first-order chi connectivity index (χ1) is 30.9. The molecule has 0 radical (unpaired) electrons. The van der Waals surface area contributed by atoms with E-state index in [0.717, 1.165) is 23.4 Å². The highest BCUT2D eigenvalue weighted by Gasteiger charge is 2.53. The summed E-state index contributed by atoms with van der Waals surface area (Å²) in [7, 11) is 0. The molecule has 1 spiro atoms. The molecule has 0 amide bonds. The molecule has 63 heavy (non-hydrogen) atoms. The van der Waals surface area contributed by atoms with Crippen molar-refractivity contribution in [2.75, 3.05) is 4.90 Å². The third kappa shape index (κ3) is 4.89. The second-order valence-electron chi connectivity index (χ2n) is 20.7. The Kier molecular flexibility index (Phi) is 7.35. The number of fused-ring (bicyclic) bond motifs is 13. The van der Waals surface area contributed by atoms with Crippen LogP contribution < -0.4 is 4.90 Å². The van der Waals surface area contributed by atoms with Crippen LogP contribution in [0.1, 0.15) is 91.3 Å². The van der Waals surface area contributed by atoms with Crippen molar-refractivity contribution in [1.29, 1.82) is 0 Å². The zero-order valence-corrected chi connectivity index (χ0v) is 36.2. The smallest absolute Gasteiger partial charge is 0.0726 e. The zero-order chi connectivity index (χ0) is 41.7. The Morgan fingerprint density at radius 2 is 0.746 bits per heavy atom. The fraction of sp³-hybridized carbons (Fsp3) is 0.226. The maximum Gasteiger partial charge on any atom is 0.0726 e. The fourth-order valence-electron chi connectivity index (χ4n) is 14.8. The lowest BCUT2D eigenvalue weighted by Crippen LogP contribution is -2.48. The van der Waals surface area contributed by atoms with Gasteiger partial charge in [0.1, 0.15) is 0 Å². The molecular weight excluding hydrogens is 759 g/mol. The molecule has 4 fully saturated rings. The Morgan fingerprint density at radius 3 is 1.25 bits per heavy atom. The van der Waals surface area contributed by atoms with Crippen molar-refractivity contribution in [3.8, 4) is 44.5 Å². The van der Waals surface area contributed by atoms with E-state index in [9.17, 15) is 0 Å². The second kappa shape index (κ2) is 12.8. The number of benzene rings is 8. The molecule has 0 atom stereocenters. The summed E-state index contributed by atoms with van der Waals surface area (Å²) >= 11 is 0. The molecule has 8 aromatic rings. The molecule has 0 unspecified atom stereocenters. The first-order valence-electron chi connectivity index (χ1n) is 23.6. The minimum Gasteiger partial charge on any atom is -0.310 e. The van der Waals surface area contributed by atoms with Gasteiger partial charge in [0.05, 0.1) is 5.41 Å². The molecule has 8 aromatic carbocycles. The van der Waals surface area contributed by atoms with Crippen molar-refractivity contribution in [3.05, 3.63) is 221 Å². The predicted octanol–water partition coefficient (Wildman–Crippen LogP) is 15.9. The summed E-state index contributed by atoms with van der Waals surface area (Å²) in [6.07, 6.45) is 8.68. The van der Waals surface area contributed by atoms with E-state index in [2.05, 4.69) is 201 Å². The summed E-state index contributed by atoms with van der Waals surface area (Å²) in [6, 6.07) is 70.1. The van der Waals surface area contributed by atoms with Crippen LogP contribution >= 0.6 is 0 Å². The fourth-order valence-corrected chi connectivity index (χ4v) is 14.8. The first-order valence-corrected chi connectivity index (χ1v) is 23.6. The van der Waals surface area contributed by atoms with Crippen LogP contribution in [0.15, 0.2) is 182 Å². The van der Waals surface area contributed by atoms with Crippen LogP contribution in [-0.2, 0) is 16.2 Å². The molecule has 1 nitrogen and oxygen atoms in total. The molecule has 0 N–H and O–H groups in total. The summed E-state index contributed by atoms with van der Waals surface area (Å²) < 4.78 is 0. The highest BCUT2D eigenvalue weighted by atomic mass is 15.1. The van der Waals surface area contributed by atoms with Gasteiger partial charge in [-0.15, -0.1) is 0 Å². The molecule has 4 saturated carbocycles.